The second-order valence-corrected chi connectivity index (χ2v) is 8.01. The Morgan fingerprint density at radius 1 is 0.667 bits per heavy atom. The van der Waals surface area contributed by atoms with Gasteiger partial charge in [0.1, 0.15) is 0 Å². The molecule has 4 rings (SSSR count). The minimum atomic E-state index is 0.00403. The topological polar surface area (TPSA) is 3.24 Å². The molecule has 3 aromatic carbocycles. The van der Waals surface area contributed by atoms with Crippen molar-refractivity contribution in [3.8, 4) is 0 Å². The Labute approximate surface area is 144 Å². The van der Waals surface area contributed by atoms with E-state index in [9.17, 15) is 0 Å². The van der Waals surface area contributed by atoms with Crippen LogP contribution in [0.1, 0.15) is 38.8 Å². The minimum absolute atomic E-state index is 0.00403. The van der Waals surface area contributed by atoms with E-state index in [0.717, 1.165) is 0 Å². The van der Waals surface area contributed by atoms with Gasteiger partial charge in [0, 0.05) is 29.3 Å². The quantitative estimate of drug-likeness (QED) is 0.479. The molecule has 1 heteroatoms. The zero-order valence-electron chi connectivity index (χ0n) is 15.2. The van der Waals surface area contributed by atoms with E-state index in [0.29, 0.717) is 0 Å². The van der Waals surface area contributed by atoms with E-state index in [1.54, 1.807) is 0 Å². The third-order valence-electron chi connectivity index (χ3n) is 6.39. The molecule has 0 bridgehead atoms. The second-order valence-electron chi connectivity index (χ2n) is 8.01. The summed E-state index contributed by atoms with van der Waals surface area (Å²) in [5.74, 6) is 0. The van der Waals surface area contributed by atoms with Gasteiger partial charge in [-0.15, -0.1) is 0 Å². The van der Waals surface area contributed by atoms with Crippen LogP contribution in [-0.2, 0) is 10.8 Å². The lowest BCUT2D eigenvalue weighted by Gasteiger charge is -2.42. The molecule has 0 radical (unpaired) electrons. The van der Waals surface area contributed by atoms with Crippen LogP contribution < -0.4 is 4.90 Å². The molecule has 0 N–H and O–H groups in total. The van der Waals surface area contributed by atoms with Crippen molar-refractivity contribution < 1.29 is 0 Å². The number of benzene rings is 3. The molecule has 24 heavy (non-hydrogen) atoms. The fourth-order valence-corrected chi connectivity index (χ4v) is 4.27. The van der Waals surface area contributed by atoms with Gasteiger partial charge in [0.25, 0.3) is 0 Å². The van der Waals surface area contributed by atoms with Gasteiger partial charge in [-0.25, -0.2) is 0 Å². The zero-order valence-corrected chi connectivity index (χ0v) is 15.2. The van der Waals surface area contributed by atoms with Gasteiger partial charge in [-0.1, -0.05) is 76.2 Å². The van der Waals surface area contributed by atoms with Crippen LogP contribution in [0.2, 0.25) is 0 Å². The van der Waals surface area contributed by atoms with Crippen LogP contribution in [0, 0.1) is 0 Å². The second kappa shape index (κ2) is 4.86. The fourth-order valence-electron chi connectivity index (χ4n) is 4.27. The molecule has 1 aliphatic heterocycles. The van der Waals surface area contributed by atoms with Crippen LogP contribution in [0.15, 0.2) is 60.7 Å². The van der Waals surface area contributed by atoms with Crippen LogP contribution in [0.5, 0.6) is 0 Å². The van der Waals surface area contributed by atoms with Gasteiger partial charge in [-0.05, 0) is 34.0 Å². The van der Waals surface area contributed by atoms with Crippen LogP contribution >= 0.6 is 0 Å². The van der Waals surface area contributed by atoms with Crippen LogP contribution in [-0.4, -0.2) is 7.05 Å². The Kier molecular flexibility index (Phi) is 3.09. The fraction of sp³-hybridized carbons (Fsp3) is 0.304. The predicted molar refractivity (Wildman–Crippen MR) is 105 cm³/mol. The highest BCUT2D eigenvalue weighted by molar-refractivity contribution is 5.94. The Hall–Kier alpha value is -2.28. The largest absolute Gasteiger partial charge is 0.344 e. The summed E-state index contributed by atoms with van der Waals surface area (Å²) in [6.45, 7) is 9.56. The highest BCUT2D eigenvalue weighted by Crippen LogP contribution is 2.54. The summed E-state index contributed by atoms with van der Waals surface area (Å²) in [4.78, 5) is 2.37. The van der Waals surface area contributed by atoms with Gasteiger partial charge in [-0.2, -0.15) is 0 Å². The Balaban J connectivity index is 2.18. The van der Waals surface area contributed by atoms with E-state index >= 15 is 0 Å². The summed E-state index contributed by atoms with van der Waals surface area (Å²) in [6.07, 6.45) is 0. The van der Waals surface area contributed by atoms with Gasteiger partial charge in [0.15, 0.2) is 0 Å². The molecular weight excluding hydrogens is 290 g/mol. The van der Waals surface area contributed by atoms with Gasteiger partial charge in [0.05, 0.1) is 0 Å². The third kappa shape index (κ3) is 1.81. The van der Waals surface area contributed by atoms with Crippen molar-refractivity contribution in [2.24, 2.45) is 0 Å². The molecule has 1 aliphatic rings. The van der Waals surface area contributed by atoms with Gasteiger partial charge in [0.2, 0.25) is 0 Å². The van der Waals surface area contributed by atoms with E-state index in [1.807, 2.05) is 0 Å². The minimum Gasteiger partial charge on any atom is -0.344 e. The average molecular weight is 315 g/mol. The molecule has 0 saturated heterocycles. The normalized spacial score (nSPS) is 18.0. The maximum atomic E-state index is 2.40. The highest BCUT2D eigenvalue weighted by Gasteiger charge is 2.45. The lowest BCUT2D eigenvalue weighted by Crippen LogP contribution is -2.39. The summed E-state index contributed by atoms with van der Waals surface area (Å²) in [5, 5.41) is 2.69. The first-order valence-corrected chi connectivity index (χ1v) is 8.71. The van der Waals surface area contributed by atoms with Crippen molar-refractivity contribution in [1.29, 1.82) is 0 Å². The molecule has 0 amide bonds. The van der Waals surface area contributed by atoms with E-state index in [1.165, 1.54) is 33.3 Å². The van der Waals surface area contributed by atoms with E-state index < -0.39 is 0 Å². The van der Waals surface area contributed by atoms with E-state index in [4.69, 9.17) is 0 Å². The maximum absolute atomic E-state index is 2.40. The zero-order chi connectivity index (χ0) is 17.1. The van der Waals surface area contributed by atoms with Crippen molar-refractivity contribution in [3.05, 3.63) is 71.8 Å². The Morgan fingerprint density at radius 2 is 1.33 bits per heavy atom. The molecular formula is C23H25N. The van der Waals surface area contributed by atoms with E-state index in [-0.39, 0.29) is 10.8 Å². The maximum Gasteiger partial charge on any atom is 0.0453 e. The van der Waals surface area contributed by atoms with Gasteiger partial charge >= 0.3 is 0 Å². The summed E-state index contributed by atoms with van der Waals surface area (Å²) >= 11 is 0. The first-order chi connectivity index (χ1) is 11.4. The Bertz CT molecular complexity index is 934. The first-order valence-electron chi connectivity index (χ1n) is 8.71. The lowest BCUT2D eigenvalue weighted by molar-refractivity contribution is 0.309. The highest BCUT2D eigenvalue weighted by atomic mass is 15.1. The average Bonchev–Trinajstić information content (AvgIpc) is 2.63. The van der Waals surface area contributed by atoms with Crippen LogP contribution in [0.25, 0.3) is 10.8 Å². The third-order valence-corrected chi connectivity index (χ3v) is 6.39. The monoisotopic (exact) mass is 315 g/mol. The number of para-hydroxylation sites is 1. The van der Waals surface area contributed by atoms with Crippen molar-refractivity contribution in [3.63, 3.8) is 0 Å². The number of hydrogen-bond donors (Lipinski definition) is 0. The molecule has 0 atom stereocenters. The summed E-state index contributed by atoms with van der Waals surface area (Å²) in [7, 11) is 2.20. The molecule has 0 saturated carbocycles. The van der Waals surface area contributed by atoms with Crippen molar-refractivity contribution in [2.45, 2.75) is 38.5 Å². The van der Waals surface area contributed by atoms with Crippen molar-refractivity contribution in [1.82, 2.24) is 0 Å². The molecule has 0 aliphatic carbocycles. The number of rotatable bonds is 0. The van der Waals surface area contributed by atoms with Crippen molar-refractivity contribution >= 4 is 22.1 Å². The SMILES string of the molecule is CN1c2ccccc2C(C)(C)C(C)(C)c2c1ccc1ccccc21. The number of anilines is 2. The number of hydrogen-bond acceptors (Lipinski definition) is 1. The number of fused-ring (bicyclic) bond motifs is 4. The molecule has 1 heterocycles. The van der Waals surface area contributed by atoms with Gasteiger partial charge < -0.3 is 4.90 Å². The summed E-state index contributed by atoms with van der Waals surface area (Å²) in [5.41, 5.74) is 5.51. The molecule has 1 nitrogen and oxygen atoms in total. The smallest absolute Gasteiger partial charge is 0.0453 e. The van der Waals surface area contributed by atoms with E-state index in [2.05, 4.69) is 100 Å². The predicted octanol–water partition coefficient (Wildman–Crippen LogP) is 6.18. The molecule has 0 unspecified atom stereocenters. The van der Waals surface area contributed by atoms with Gasteiger partial charge in [-0.3, -0.25) is 0 Å². The summed E-state index contributed by atoms with van der Waals surface area (Å²) in [6, 6.07) is 22.2. The molecule has 0 spiro atoms. The lowest BCUT2D eigenvalue weighted by atomic mass is 9.60. The van der Waals surface area contributed by atoms with Crippen LogP contribution in [0.4, 0.5) is 11.4 Å². The molecule has 0 fully saturated rings. The van der Waals surface area contributed by atoms with Crippen molar-refractivity contribution in [2.75, 3.05) is 11.9 Å². The molecule has 0 aromatic heterocycles. The number of nitrogens with zero attached hydrogens (tertiary/aromatic N) is 1. The molecule has 122 valence electrons. The van der Waals surface area contributed by atoms with Crippen LogP contribution in [0.3, 0.4) is 0 Å². The summed E-state index contributed by atoms with van der Waals surface area (Å²) < 4.78 is 0. The first kappa shape index (κ1) is 15.3. The standard InChI is InChI=1S/C23H25N/c1-22(2)18-12-8-9-13-19(18)24(5)20-15-14-16-10-6-7-11-17(16)21(20)23(22,3)4/h6-15H,1-5H3. The molecule has 3 aromatic rings. The Morgan fingerprint density at radius 3 is 2.12 bits per heavy atom.